The average Bonchev–Trinajstić information content (AvgIpc) is 2.66. The van der Waals surface area contributed by atoms with Gasteiger partial charge in [0.1, 0.15) is 36.6 Å². The minimum atomic E-state index is -0.746. The van der Waals surface area contributed by atoms with Crippen molar-refractivity contribution in [3.63, 3.8) is 0 Å². The number of aromatic nitrogens is 2. The van der Waals surface area contributed by atoms with Crippen LogP contribution in [-0.2, 0) is 0 Å². The third-order valence-electron chi connectivity index (χ3n) is 3.46. The lowest BCUT2D eigenvalue weighted by Crippen LogP contribution is -2.25. The van der Waals surface area contributed by atoms with E-state index in [0.29, 0.717) is 18.1 Å². The molecule has 0 spiro atoms. The van der Waals surface area contributed by atoms with Crippen molar-refractivity contribution in [2.75, 3.05) is 19.8 Å². The summed E-state index contributed by atoms with van der Waals surface area (Å²) in [6, 6.07) is 12.7. The van der Waals surface area contributed by atoms with Crippen LogP contribution in [0.5, 0.6) is 17.2 Å². The molecule has 0 bridgehead atoms. The Morgan fingerprint density at radius 3 is 2.04 bits per heavy atom. The van der Waals surface area contributed by atoms with Crippen molar-refractivity contribution >= 4 is 11.0 Å². The maximum absolute atomic E-state index is 10.0. The highest BCUT2D eigenvalue weighted by atomic mass is 16.5. The smallest absolute Gasteiger partial charge is 0.122 e. The van der Waals surface area contributed by atoms with E-state index in [0.717, 1.165) is 16.8 Å². The van der Waals surface area contributed by atoms with Crippen LogP contribution in [0, 0.1) is 0 Å². The molecule has 1 aromatic heterocycles. The van der Waals surface area contributed by atoms with Gasteiger partial charge in [-0.2, -0.15) is 0 Å². The molecular weight excluding hydrogens is 320 g/mol. The standard InChI is InChI=1S/C19H20N2O4/c1-2-23-15-3-5-16(6-4-15)24-12-14(22)13-25-17-7-8-18-19(11-17)21-10-9-20-18/h3-11,14,22H,2,12-13H2,1H3. The number of rotatable bonds is 8. The Hall–Kier alpha value is -2.86. The minimum absolute atomic E-state index is 0.128. The predicted molar refractivity (Wildman–Crippen MR) is 94.1 cm³/mol. The van der Waals surface area contributed by atoms with Gasteiger partial charge in [0.15, 0.2) is 0 Å². The molecule has 0 aliphatic rings. The van der Waals surface area contributed by atoms with Crippen LogP contribution < -0.4 is 14.2 Å². The quantitative estimate of drug-likeness (QED) is 0.680. The van der Waals surface area contributed by atoms with Crippen LogP contribution >= 0.6 is 0 Å². The van der Waals surface area contributed by atoms with Crippen molar-refractivity contribution < 1.29 is 19.3 Å². The lowest BCUT2D eigenvalue weighted by molar-refractivity contribution is 0.0627. The van der Waals surface area contributed by atoms with Gasteiger partial charge < -0.3 is 19.3 Å². The molecule has 6 nitrogen and oxygen atoms in total. The molecule has 1 atom stereocenters. The zero-order valence-corrected chi connectivity index (χ0v) is 14.0. The van der Waals surface area contributed by atoms with Crippen molar-refractivity contribution in [2.45, 2.75) is 13.0 Å². The fraction of sp³-hybridized carbons (Fsp3) is 0.263. The van der Waals surface area contributed by atoms with Gasteiger partial charge in [0.25, 0.3) is 0 Å². The number of aliphatic hydroxyl groups excluding tert-OH is 1. The molecule has 2 aromatic carbocycles. The molecule has 0 aliphatic heterocycles. The van der Waals surface area contributed by atoms with E-state index in [1.807, 2.05) is 25.1 Å². The van der Waals surface area contributed by atoms with Gasteiger partial charge in [0.05, 0.1) is 17.6 Å². The Morgan fingerprint density at radius 1 is 0.800 bits per heavy atom. The van der Waals surface area contributed by atoms with Crippen LogP contribution in [0.3, 0.4) is 0 Å². The van der Waals surface area contributed by atoms with Gasteiger partial charge in [0.2, 0.25) is 0 Å². The predicted octanol–water partition coefficient (Wildman–Crippen LogP) is 2.85. The number of benzene rings is 2. The largest absolute Gasteiger partial charge is 0.494 e. The first kappa shape index (κ1) is 17.0. The topological polar surface area (TPSA) is 73.7 Å². The van der Waals surface area contributed by atoms with Crippen LogP contribution in [-0.4, -0.2) is 41.0 Å². The van der Waals surface area contributed by atoms with Gasteiger partial charge in [-0.15, -0.1) is 0 Å². The number of hydrogen-bond acceptors (Lipinski definition) is 6. The molecule has 0 radical (unpaired) electrons. The van der Waals surface area contributed by atoms with Gasteiger partial charge in [0, 0.05) is 18.5 Å². The monoisotopic (exact) mass is 340 g/mol. The van der Waals surface area contributed by atoms with Gasteiger partial charge >= 0.3 is 0 Å². The third kappa shape index (κ3) is 4.81. The van der Waals surface area contributed by atoms with Crippen molar-refractivity contribution in [2.24, 2.45) is 0 Å². The molecule has 1 unspecified atom stereocenters. The summed E-state index contributed by atoms with van der Waals surface area (Å²) < 4.78 is 16.5. The highest BCUT2D eigenvalue weighted by molar-refractivity contribution is 5.75. The Kier molecular flexibility index (Phi) is 5.64. The van der Waals surface area contributed by atoms with Crippen molar-refractivity contribution in [3.8, 4) is 17.2 Å². The molecule has 0 saturated carbocycles. The van der Waals surface area contributed by atoms with E-state index in [4.69, 9.17) is 14.2 Å². The Labute approximate surface area is 146 Å². The van der Waals surface area contributed by atoms with Gasteiger partial charge in [-0.05, 0) is 43.3 Å². The summed E-state index contributed by atoms with van der Waals surface area (Å²) in [5.41, 5.74) is 1.55. The highest BCUT2D eigenvalue weighted by Crippen LogP contribution is 2.19. The van der Waals surface area contributed by atoms with Crippen LogP contribution in [0.1, 0.15) is 6.92 Å². The van der Waals surface area contributed by atoms with Gasteiger partial charge in [-0.25, -0.2) is 0 Å². The van der Waals surface area contributed by atoms with E-state index < -0.39 is 6.10 Å². The molecule has 3 aromatic rings. The average molecular weight is 340 g/mol. The van der Waals surface area contributed by atoms with Crippen molar-refractivity contribution in [1.82, 2.24) is 9.97 Å². The van der Waals surface area contributed by atoms with Crippen molar-refractivity contribution in [3.05, 3.63) is 54.9 Å². The Bertz CT molecular complexity index is 808. The van der Waals surface area contributed by atoms with E-state index in [1.165, 1.54) is 0 Å². The summed E-state index contributed by atoms with van der Waals surface area (Å²) in [5, 5.41) is 10.0. The molecular formula is C19H20N2O4. The van der Waals surface area contributed by atoms with E-state index in [2.05, 4.69) is 9.97 Å². The molecule has 0 saturated heterocycles. The van der Waals surface area contributed by atoms with E-state index in [1.54, 1.807) is 36.7 Å². The first-order valence-electron chi connectivity index (χ1n) is 8.12. The lowest BCUT2D eigenvalue weighted by Gasteiger charge is -2.14. The molecule has 0 aliphatic carbocycles. The number of hydrogen-bond donors (Lipinski definition) is 1. The van der Waals surface area contributed by atoms with E-state index >= 15 is 0 Å². The van der Waals surface area contributed by atoms with Crippen LogP contribution in [0.15, 0.2) is 54.9 Å². The fourth-order valence-electron chi connectivity index (χ4n) is 2.26. The highest BCUT2D eigenvalue weighted by Gasteiger charge is 2.08. The summed E-state index contributed by atoms with van der Waals surface area (Å²) in [5.74, 6) is 2.09. The molecule has 3 rings (SSSR count). The second-order valence-corrected chi connectivity index (χ2v) is 5.39. The molecule has 0 fully saturated rings. The molecule has 1 heterocycles. The van der Waals surface area contributed by atoms with Gasteiger partial charge in [-0.3, -0.25) is 9.97 Å². The number of nitrogens with zero attached hydrogens (tertiary/aromatic N) is 2. The number of aliphatic hydroxyl groups is 1. The molecule has 6 heteroatoms. The maximum atomic E-state index is 10.0. The third-order valence-corrected chi connectivity index (χ3v) is 3.46. The summed E-state index contributed by atoms with van der Waals surface area (Å²) in [7, 11) is 0. The molecule has 130 valence electrons. The van der Waals surface area contributed by atoms with E-state index in [-0.39, 0.29) is 13.2 Å². The fourth-order valence-corrected chi connectivity index (χ4v) is 2.26. The molecule has 0 amide bonds. The maximum Gasteiger partial charge on any atom is 0.122 e. The Balaban J connectivity index is 1.47. The minimum Gasteiger partial charge on any atom is -0.494 e. The lowest BCUT2D eigenvalue weighted by atomic mass is 10.3. The van der Waals surface area contributed by atoms with Crippen LogP contribution in [0.2, 0.25) is 0 Å². The first-order chi connectivity index (χ1) is 12.2. The molecule has 25 heavy (non-hydrogen) atoms. The molecule has 1 N–H and O–H groups in total. The van der Waals surface area contributed by atoms with Crippen LogP contribution in [0.25, 0.3) is 11.0 Å². The Morgan fingerprint density at radius 2 is 1.36 bits per heavy atom. The van der Waals surface area contributed by atoms with Crippen molar-refractivity contribution in [1.29, 1.82) is 0 Å². The summed E-state index contributed by atoms with van der Waals surface area (Å²) in [6.45, 7) is 2.82. The summed E-state index contributed by atoms with van der Waals surface area (Å²) in [4.78, 5) is 8.43. The van der Waals surface area contributed by atoms with Crippen LogP contribution in [0.4, 0.5) is 0 Å². The zero-order chi connectivity index (χ0) is 17.5. The normalized spacial score (nSPS) is 11.9. The SMILES string of the molecule is CCOc1ccc(OCC(O)COc2ccc3nccnc3c2)cc1. The van der Waals surface area contributed by atoms with E-state index in [9.17, 15) is 5.11 Å². The summed E-state index contributed by atoms with van der Waals surface area (Å²) in [6.07, 6.45) is 2.53. The second-order valence-electron chi connectivity index (χ2n) is 5.39. The number of fused-ring (bicyclic) bond motifs is 1. The van der Waals surface area contributed by atoms with Gasteiger partial charge in [-0.1, -0.05) is 0 Å². The number of ether oxygens (including phenoxy) is 3. The second kappa shape index (κ2) is 8.30. The summed E-state index contributed by atoms with van der Waals surface area (Å²) >= 11 is 0. The first-order valence-corrected chi connectivity index (χ1v) is 8.12. The zero-order valence-electron chi connectivity index (χ0n) is 14.0.